The number of nitrogens with zero attached hydrogens (tertiary/aromatic N) is 1. The van der Waals surface area contributed by atoms with Crippen molar-refractivity contribution in [1.29, 1.82) is 5.26 Å². The first-order valence-electron chi connectivity index (χ1n) is 4.44. The van der Waals surface area contributed by atoms with Crippen LogP contribution in [0.4, 0.5) is 0 Å². The van der Waals surface area contributed by atoms with Gasteiger partial charge in [0.15, 0.2) is 0 Å². The average Bonchev–Trinajstić information content (AvgIpc) is 1.98. The van der Waals surface area contributed by atoms with E-state index in [1.165, 1.54) is 11.1 Å². The van der Waals surface area contributed by atoms with Crippen LogP contribution in [0.1, 0.15) is 33.6 Å². The molecule has 0 saturated heterocycles. The smallest absolute Gasteiger partial charge is 0.0625 e. The van der Waals surface area contributed by atoms with Crippen LogP contribution in [0, 0.1) is 11.3 Å². The molecule has 0 aliphatic carbocycles. The predicted octanol–water partition coefficient (Wildman–Crippen LogP) is 3.76. The van der Waals surface area contributed by atoms with Gasteiger partial charge in [0.05, 0.1) is 6.07 Å². The highest BCUT2D eigenvalue weighted by Gasteiger charge is 1.90. The van der Waals surface area contributed by atoms with Gasteiger partial charge in [0.2, 0.25) is 0 Å². The molecule has 0 N–H and O–H groups in total. The zero-order valence-corrected chi connectivity index (χ0v) is 8.72. The lowest BCUT2D eigenvalue weighted by Crippen LogP contribution is -1.78. The molecule has 0 unspecified atom stereocenters. The number of allylic oxidation sites excluding steroid dienone is 5. The van der Waals surface area contributed by atoms with Crippen molar-refractivity contribution >= 4 is 0 Å². The Hall–Kier alpha value is -1.29. The van der Waals surface area contributed by atoms with E-state index < -0.39 is 0 Å². The Balaban J connectivity index is 4.16. The first-order chi connectivity index (χ1) is 6.06. The molecule has 0 fully saturated rings. The predicted molar refractivity (Wildman–Crippen MR) is 57.2 cm³/mol. The van der Waals surface area contributed by atoms with Crippen LogP contribution < -0.4 is 0 Å². The van der Waals surface area contributed by atoms with Crippen molar-refractivity contribution in [2.45, 2.75) is 33.6 Å². The lowest BCUT2D eigenvalue weighted by molar-refractivity contribution is 1.02. The average molecular weight is 175 g/mol. The Morgan fingerprint density at radius 3 is 2.38 bits per heavy atom. The first-order valence-corrected chi connectivity index (χ1v) is 4.44. The van der Waals surface area contributed by atoms with Crippen molar-refractivity contribution in [3.05, 3.63) is 35.5 Å². The Morgan fingerprint density at radius 2 is 1.92 bits per heavy atom. The van der Waals surface area contributed by atoms with Crippen LogP contribution >= 0.6 is 0 Å². The second kappa shape index (κ2) is 6.25. The van der Waals surface area contributed by atoms with Crippen LogP contribution in [0.3, 0.4) is 0 Å². The third-order valence-electron chi connectivity index (χ3n) is 1.51. The molecule has 0 heterocycles. The lowest BCUT2D eigenvalue weighted by atomic mass is 10.1. The summed E-state index contributed by atoms with van der Waals surface area (Å²) in [6.45, 7) is 10.1. The van der Waals surface area contributed by atoms with Crippen LogP contribution in [-0.4, -0.2) is 0 Å². The maximum atomic E-state index is 8.37. The maximum absolute atomic E-state index is 8.37. The van der Waals surface area contributed by atoms with Crippen molar-refractivity contribution in [1.82, 2.24) is 0 Å². The fourth-order valence-corrected chi connectivity index (χ4v) is 1.11. The van der Waals surface area contributed by atoms with Crippen LogP contribution in [0.5, 0.6) is 0 Å². The normalized spacial score (nSPS) is 10.5. The number of rotatable bonds is 4. The van der Waals surface area contributed by atoms with Crippen LogP contribution in [0.15, 0.2) is 35.5 Å². The summed E-state index contributed by atoms with van der Waals surface area (Å²) >= 11 is 0. The summed E-state index contributed by atoms with van der Waals surface area (Å²) in [7, 11) is 0. The van der Waals surface area contributed by atoms with Gasteiger partial charge in [-0.3, -0.25) is 0 Å². The molecule has 0 aliphatic rings. The highest BCUT2D eigenvalue weighted by molar-refractivity contribution is 5.28. The molecule has 0 aromatic rings. The summed E-state index contributed by atoms with van der Waals surface area (Å²) in [5.41, 5.74) is 3.50. The Morgan fingerprint density at radius 1 is 1.31 bits per heavy atom. The summed E-state index contributed by atoms with van der Waals surface area (Å²) in [6, 6.07) is 2.11. The molecule has 0 spiro atoms. The van der Waals surface area contributed by atoms with Crippen LogP contribution in [0.2, 0.25) is 0 Å². The van der Waals surface area contributed by atoms with E-state index in [2.05, 4.69) is 32.6 Å². The summed E-state index contributed by atoms with van der Waals surface area (Å²) in [5.74, 6) is 0. The molecule has 0 amide bonds. The zero-order chi connectivity index (χ0) is 10.3. The molecule has 0 aromatic carbocycles. The third kappa shape index (κ3) is 7.08. The van der Waals surface area contributed by atoms with E-state index in [-0.39, 0.29) is 0 Å². The van der Waals surface area contributed by atoms with Crippen molar-refractivity contribution < 1.29 is 0 Å². The maximum Gasteiger partial charge on any atom is 0.0625 e. The van der Waals surface area contributed by atoms with Crippen molar-refractivity contribution in [2.24, 2.45) is 0 Å². The quantitative estimate of drug-likeness (QED) is 0.597. The lowest BCUT2D eigenvalue weighted by Gasteiger charge is -1.97. The summed E-state index contributed by atoms with van der Waals surface area (Å²) < 4.78 is 0. The van der Waals surface area contributed by atoms with Crippen molar-refractivity contribution in [3.63, 3.8) is 0 Å². The van der Waals surface area contributed by atoms with E-state index in [1.807, 2.05) is 13.0 Å². The van der Waals surface area contributed by atoms with E-state index >= 15 is 0 Å². The minimum absolute atomic E-state index is 0.553. The SMILES string of the molecule is C=C(/C=C(/C)C=C(C)C)CCC#N. The minimum Gasteiger partial charge on any atom is -0.198 e. The minimum atomic E-state index is 0.553. The number of hydrogen-bond acceptors (Lipinski definition) is 1. The van der Waals surface area contributed by atoms with E-state index in [4.69, 9.17) is 5.26 Å². The molecule has 0 aliphatic heterocycles. The highest BCUT2D eigenvalue weighted by atomic mass is 14.2. The fraction of sp³-hybridized carbons (Fsp3) is 0.417. The Labute approximate surface area is 81.1 Å². The van der Waals surface area contributed by atoms with Gasteiger partial charge in [-0.05, 0) is 27.2 Å². The van der Waals surface area contributed by atoms with Crippen LogP contribution in [0.25, 0.3) is 0 Å². The molecule has 0 rings (SSSR count). The van der Waals surface area contributed by atoms with E-state index in [0.717, 1.165) is 12.0 Å². The first kappa shape index (κ1) is 11.7. The monoisotopic (exact) mass is 175 g/mol. The van der Waals surface area contributed by atoms with Gasteiger partial charge in [0, 0.05) is 6.42 Å². The van der Waals surface area contributed by atoms with Gasteiger partial charge in [0.1, 0.15) is 0 Å². The topological polar surface area (TPSA) is 23.8 Å². The van der Waals surface area contributed by atoms with E-state index in [0.29, 0.717) is 6.42 Å². The molecule has 0 saturated carbocycles. The van der Waals surface area contributed by atoms with Gasteiger partial charge < -0.3 is 0 Å². The van der Waals surface area contributed by atoms with Gasteiger partial charge in [0.25, 0.3) is 0 Å². The molecular weight excluding hydrogens is 158 g/mol. The molecule has 1 heteroatoms. The fourth-order valence-electron chi connectivity index (χ4n) is 1.11. The molecule has 13 heavy (non-hydrogen) atoms. The van der Waals surface area contributed by atoms with Crippen molar-refractivity contribution in [3.8, 4) is 6.07 Å². The third-order valence-corrected chi connectivity index (χ3v) is 1.51. The van der Waals surface area contributed by atoms with Gasteiger partial charge in [-0.1, -0.05) is 35.5 Å². The Kier molecular flexibility index (Phi) is 5.63. The van der Waals surface area contributed by atoms with Gasteiger partial charge in [-0.2, -0.15) is 5.26 Å². The van der Waals surface area contributed by atoms with Gasteiger partial charge >= 0.3 is 0 Å². The summed E-state index contributed by atoms with van der Waals surface area (Å²) in [6.07, 6.45) is 5.46. The zero-order valence-electron chi connectivity index (χ0n) is 8.72. The summed E-state index contributed by atoms with van der Waals surface area (Å²) in [5, 5.41) is 8.37. The second-order valence-corrected chi connectivity index (χ2v) is 3.43. The van der Waals surface area contributed by atoms with E-state index in [1.54, 1.807) is 0 Å². The number of nitriles is 1. The highest BCUT2D eigenvalue weighted by Crippen LogP contribution is 2.09. The number of hydrogen-bond donors (Lipinski definition) is 0. The largest absolute Gasteiger partial charge is 0.198 e. The Bertz CT molecular complexity index is 270. The molecule has 0 atom stereocenters. The molecule has 0 aromatic heterocycles. The molecule has 0 radical (unpaired) electrons. The van der Waals surface area contributed by atoms with Crippen molar-refractivity contribution in [2.75, 3.05) is 0 Å². The molecule has 0 bridgehead atoms. The standard InChI is InChI=1S/C12H17N/c1-10(2)8-12(4)9-11(3)6-5-7-13/h8-9H,3,5-6H2,1-2,4H3/b12-9-. The second-order valence-electron chi connectivity index (χ2n) is 3.43. The molecule has 70 valence electrons. The molecular formula is C12H17N. The van der Waals surface area contributed by atoms with Gasteiger partial charge in [-0.15, -0.1) is 0 Å². The van der Waals surface area contributed by atoms with Crippen LogP contribution in [-0.2, 0) is 0 Å². The molecule has 1 nitrogen and oxygen atoms in total. The van der Waals surface area contributed by atoms with Gasteiger partial charge in [-0.25, -0.2) is 0 Å². The van der Waals surface area contributed by atoms with E-state index in [9.17, 15) is 0 Å². The summed E-state index contributed by atoms with van der Waals surface area (Å²) in [4.78, 5) is 0.